The van der Waals surface area contributed by atoms with Crippen molar-refractivity contribution >= 4 is 23.2 Å². The number of rotatable bonds is 4. The lowest BCUT2D eigenvalue weighted by Crippen LogP contribution is -2.06. The van der Waals surface area contributed by atoms with E-state index in [2.05, 4.69) is 10.1 Å². The van der Waals surface area contributed by atoms with Gasteiger partial charge in [0.15, 0.2) is 5.69 Å². The van der Waals surface area contributed by atoms with Crippen molar-refractivity contribution in [3.63, 3.8) is 0 Å². The van der Waals surface area contributed by atoms with Crippen molar-refractivity contribution in [2.24, 2.45) is 12.0 Å². The minimum absolute atomic E-state index is 0.418. The number of aliphatic imine (C=N–C) groups is 1. The van der Waals surface area contributed by atoms with Gasteiger partial charge in [-0.1, -0.05) is 0 Å². The normalized spacial score (nSPS) is 12.0. The van der Waals surface area contributed by atoms with Crippen LogP contribution < -0.4 is 4.74 Å². The molecule has 2 aromatic heterocycles. The Labute approximate surface area is 146 Å². The third-order valence-corrected chi connectivity index (χ3v) is 4.51. The molecule has 0 bridgehead atoms. The third-order valence-electron chi connectivity index (χ3n) is 3.46. The molecule has 3 aromatic rings. The molecule has 2 heterocycles. The Balaban J connectivity index is 1.80. The van der Waals surface area contributed by atoms with Gasteiger partial charge in [0.05, 0.1) is 23.4 Å². The van der Waals surface area contributed by atoms with Gasteiger partial charge >= 0.3 is 6.18 Å². The Morgan fingerprint density at radius 1 is 1.16 bits per heavy atom. The monoisotopic (exact) mass is 365 g/mol. The van der Waals surface area contributed by atoms with Crippen molar-refractivity contribution in [2.75, 3.05) is 7.11 Å². The summed E-state index contributed by atoms with van der Waals surface area (Å²) < 4.78 is 44.6. The van der Waals surface area contributed by atoms with Gasteiger partial charge in [-0.25, -0.2) is 0 Å². The largest absolute Gasteiger partial charge is 0.497 e. The average Bonchev–Trinajstić information content (AvgIpc) is 3.19. The van der Waals surface area contributed by atoms with Gasteiger partial charge in [0.1, 0.15) is 5.75 Å². The van der Waals surface area contributed by atoms with E-state index in [9.17, 15) is 13.2 Å². The second-order valence-electron chi connectivity index (χ2n) is 5.19. The highest BCUT2D eigenvalue weighted by Crippen LogP contribution is 2.33. The van der Waals surface area contributed by atoms with Gasteiger partial charge in [-0.15, -0.1) is 11.3 Å². The summed E-state index contributed by atoms with van der Waals surface area (Å²) in [5, 5.41) is 3.53. The number of aromatic nitrogens is 2. The van der Waals surface area contributed by atoms with Crippen LogP contribution in [0.1, 0.15) is 10.6 Å². The van der Waals surface area contributed by atoms with E-state index in [1.165, 1.54) is 23.1 Å². The second kappa shape index (κ2) is 6.72. The lowest BCUT2D eigenvalue weighted by atomic mass is 10.3. The highest BCUT2D eigenvalue weighted by molar-refractivity contribution is 7.17. The van der Waals surface area contributed by atoms with E-state index in [0.717, 1.165) is 22.4 Å². The minimum Gasteiger partial charge on any atom is -0.497 e. The predicted molar refractivity (Wildman–Crippen MR) is 91.8 cm³/mol. The number of alkyl halides is 3. The summed E-state index contributed by atoms with van der Waals surface area (Å²) >= 11 is 1.35. The molecule has 25 heavy (non-hydrogen) atoms. The fourth-order valence-electron chi connectivity index (χ4n) is 2.20. The molecule has 0 aliphatic carbocycles. The fourth-order valence-corrected chi connectivity index (χ4v) is 3.13. The van der Waals surface area contributed by atoms with Crippen LogP contribution in [0.3, 0.4) is 0 Å². The molecule has 0 amide bonds. The van der Waals surface area contributed by atoms with E-state index < -0.39 is 11.9 Å². The minimum atomic E-state index is -4.45. The molecule has 0 aliphatic rings. The van der Waals surface area contributed by atoms with Gasteiger partial charge in [-0.05, 0) is 42.5 Å². The second-order valence-corrected chi connectivity index (χ2v) is 6.31. The van der Waals surface area contributed by atoms with Crippen molar-refractivity contribution < 1.29 is 17.9 Å². The Morgan fingerprint density at radius 3 is 2.48 bits per heavy atom. The molecular formula is C17H14F3N3OS. The van der Waals surface area contributed by atoms with Crippen LogP contribution in [0.15, 0.2) is 47.5 Å². The van der Waals surface area contributed by atoms with E-state index >= 15 is 0 Å². The molecule has 0 aliphatic heterocycles. The number of hydrogen-bond acceptors (Lipinski definition) is 4. The number of nitrogens with zero attached hydrogens (tertiary/aromatic N) is 3. The quantitative estimate of drug-likeness (QED) is 0.615. The van der Waals surface area contributed by atoms with Crippen LogP contribution >= 0.6 is 11.3 Å². The summed E-state index contributed by atoms with van der Waals surface area (Å²) in [6.07, 6.45) is -2.77. The molecule has 130 valence electrons. The Hall–Kier alpha value is -2.61. The molecule has 0 radical (unpaired) electrons. The molecule has 8 heteroatoms. The van der Waals surface area contributed by atoms with Crippen LogP contribution in [-0.4, -0.2) is 23.1 Å². The summed E-state index contributed by atoms with van der Waals surface area (Å²) in [6.45, 7) is 0. The maximum atomic E-state index is 12.8. The molecular weight excluding hydrogens is 351 g/mol. The first-order chi connectivity index (χ1) is 11.9. The van der Waals surface area contributed by atoms with Crippen molar-refractivity contribution in [1.82, 2.24) is 9.78 Å². The zero-order chi connectivity index (χ0) is 18.0. The molecule has 0 unspecified atom stereocenters. The number of thiophene rings is 1. The molecule has 0 saturated carbocycles. The Morgan fingerprint density at radius 2 is 1.88 bits per heavy atom. The van der Waals surface area contributed by atoms with Gasteiger partial charge in [0, 0.05) is 18.1 Å². The van der Waals surface area contributed by atoms with Crippen LogP contribution in [0, 0.1) is 0 Å². The summed E-state index contributed by atoms with van der Waals surface area (Å²) in [5.41, 5.74) is 0.281. The first-order valence-electron chi connectivity index (χ1n) is 7.26. The number of ether oxygens (including phenoxy) is 1. The van der Waals surface area contributed by atoms with Crippen LogP contribution in [0.5, 0.6) is 5.75 Å². The molecule has 4 nitrogen and oxygen atoms in total. The number of halogens is 3. The molecule has 1 aromatic carbocycles. The summed E-state index contributed by atoms with van der Waals surface area (Å²) in [6, 6.07) is 11.9. The SMILES string of the molecule is COc1ccc(N=Cc2ccc(-c3cc(C(F)(F)F)nn3C)s2)cc1. The van der Waals surface area contributed by atoms with Crippen molar-refractivity contribution in [3.8, 4) is 16.3 Å². The van der Waals surface area contributed by atoms with Gasteiger partial charge in [-0.3, -0.25) is 9.67 Å². The predicted octanol–water partition coefficient (Wildman–Crippen LogP) is 4.93. The van der Waals surface area contributed by atoms with E-state index in [1.807, 2.05) is 18.2 Å². The van der Waals surface area contributed by atoms with Gasteiger partial charge in [0.25, 0.3) is 0 Å². The van der Waals surface area contributed by atoms with Gasteiger partial charge in [0.2, 0.25) is 0 Å². The maximum absolute atomic E-state index is 12.8. The van der Waals surface area contributed by atoms with Crippen molar-refractivity contribution in [3.05, 3.63) is 53.0 Å². The van der Waals surface area contributed by atoms with Crippen molar-refractivity contribution in [2.45, 2.75) is 6.18 Å². The van der Waals surface area contributed by atoms with Crippen LogP contribution in [0.25, 0.3) is 10.6 Å². The number of methoxy groups -OCH3 is 1. The smallest absolute Gasteiger partial charge is 0.435 e. The third kappa shape index (κ3) is 3.90. The highest BCUT2D eigenvalue weighted by atomic mass is 32.1. The number of hydrogen-bond donors (Lipinski definition) is 0. The molecule has 0 fully saturated rings. The Bertz CT molecular complexity index is 895. The van der Waals surface area contributed by atoms with Gasteiger partial charge < -0.3 is 4.74 Å². The van der Waals surface area contributed by atoms with E-state index in [4.69, 9.17) is 4.74 Å². The summed E-state index contributed by atoms with van der Waals surface area (Å²) in [5.74, 6) is 0.744. The summed E-state index contributed by atoms with van der Waals surface area (Å²) in [4.78, 5) is 5.88. The molecule has 0 spiro atoms. The van der Waals surface area contributed by atoms with Crippen LogP contribution in [0.2, 0.25) is 0 Å². The molecule has 0 saturated heterocycles. The van der Waals surface area contributed by atoms with Crippen LogP contribution in [-0.2, 0) is 13.2 Å². The molecule has 3 rings (SSSR count). The zero-order valence-corrected chi connectivity index (χ0v) is 14.2. The lowest BCUT2D eigenvalue weighted by Gasteiger charge is -1.99. The first kappa shape index (κ1) is 17.2. The van der Waals surface area contributed by atoms with E-state index in [0.29, 0.717) is 10.6 Å². The molecule has 0 N–H and O–H groups in total. The molecule has 0 atom stereocenters. The maximum Gasteiger partial charge on any atom is 0.435 e. The van der Waals surface area contributed by atoms with E-state index in [-0.39, 0.29) is 0 Å². The average molecular weight is 365 g/mol. The number of aryl methyl sites for hydroxylation is 1. The van der Waals surface area contributed by atoms with Crippen molar-refractivity contribution in [1.29, 1.82) is 0 Å². The zero-order valence-electron chi connectivity index (χ0n) is 13.4. The summed E-state index contributed by atoms with van der Waals surface area (Å²) in [7, 11) is 3.09. The highest BCUT2D eigenvalue weighted by Gasteiger charge is 2.34. The Kier molecular flexibility index (Phi) is 4.63. The number of benzene rings is 1. The van der Waals surface area contributed by atoms with Gasteiger partial charge in [-0.2, -0.15) is 18.3 Å². The van der Waals surface area contributed by atoms with Crippen LogP contribution in [0.4, 0.5) is 18.9 Å². The standard InChI is InChI=1S/C17H14F3N3OS/c1-23-14(9-16(22-23)17(18,19)20)15-8-7-13(25-15)10-21-11-3-5-12(24-2)6-4-11/h3-10H,1-2H3. The van der Waals surface area contributed by atoms with E-state index in [1.54, 1.807) is 31.5 Å². The topological polar surface area (TPSA) is 39.4 Å². The first-order valence-corrected chi connectivity index (χ1v) is 8.08. The fraction of sp³-hybridized carbons (Fsp3) is 0.176. The lowest BCUT2D eigenvalue weighted by molar-refractivity contribution is -0.141.